The summed E-state index contributed by atoms with van der Waals surface area (Å²) in [6.45, 7) is 17.9. The molecule has 1 aliphatic heterocycles. The zero-order valence-electron chi connectivity index (χ0n) is 27.9. The van der Waals surface area contributed by atoms with E-state index in [1.165, 1.54) is 4.90 Å². The van der Waals surface area contributed by atoms with Gasteiger partial charge >= 0.3 is 5.97 Å². The van der Waals surface area contributed by atoms with Crippen molar-refractivity contribution in [2.75, 3.05) is 39.5 Å². The largest absolute Gasteiger partial charge is 0.480 e. The molecule has 3 N–H and O–H groups in total. The summed E-state index contributed by atoms with van der Waals surface area (Å²) in [6.07, 6.45) is 9.83. The standard InChI is InChI=1S/C19H31N3O5.C10H23NOS.C2H6/c1-3-4-5-6-7-9-14(2)17(19(26)27)21-18(25)15-10-8-11-22(15)16(24)12-20-13-23;1-7-13-11(5)8-9(12-6)10(2,3)4;1-2/h7,9,13-15,17H,3-6,8,10-12H2,1-2H3,(H,20,23)(H,21,25)(H,26,27);9H,7-8H2,1-6H3;1-2H3/b9-7-;;/t14?,15-,17?;;/m0../s1. The number of likely N-dealkylation sites (tertiary alicyclic amines) is 1. The molecule has 1 saturated heterocycles. The smallest absolute Gasteiger partial charge is 0.326 e. The van der Waals surface area contributed by atoms with Crippen LogP contribution in [0.15, 0.2) is 12.2 Å². The number of nitrogens with one attached hydrogen (secondary N) is 2. The van der Waals surface area contributed by atoms with Gasteiger partial charge in [0, 0.05) is 31.9 Å². The van der Waals surface area contributed by atoms with Crippen LogP contribution in [0, 0.1) is 11.3 Å². The quantitative estimate of drug-likeness (QED) is 0.0926. The number of nitrogens with zero attached hydrogens (tertiary/aromatic N) is 2. The summed E-state index contributed by atoms with van der Waals surface area (Å²) < 4.78 is 7.73. The number of likely N-dealkylation sites (N-methyl/N-ethyl adjacent to an activating group) is 1. The van der Waals surface area contributed by atoms with Crippen molar-refractivity contribution in [1.29, 1.82) is 0 Å². The molecule has 1 fully saturated rings. The summed E-state index contributed by atoms with van der Waals surface area (Å²) in [5.41, 5.74) is 0.220. The number of ether oxygens (including phenoxy) is 1. The van der Waals surface area contributed by atoms with Crippen LogP contribution in [-0.2, 0) is 23.9 Å². The Balaban J connectivity index is 0. The monoisotopic (exact) mass is 616 g/mol. The second-order valence-corrected chi connectivity index (χ2v) is 12.6. The van der Waals surface area contributed by atoms with Crippen LogP contribution >= 0.6 is 11.9 Å². The summed E-state index contributed by atoms with van der Waals surface area (Å²) >= 11 is 1.84. The van der Waals surface area contributed by atoms with E-state index in [0.29, 0.717) is 31.9 Å². The Bertz CT molecular complexity index is 790. The van der Waals surface area contributed by atoms with Crippen molar-refractivity contribution >= 4 is 36.1 Å². The van der Waals surface area contributed by atoms with Crippen molar-refractivity contribution in [1.82, 2.24) is 19.8 Å². The summed E-state index contributed by atoms with van der Waals surface area (Å²) in [7, 11) is 3.91. The normalized spacial score (nSPS) is 16.9. The van der Waals surface area contributed by atoms with Gasteiger partial charge in [0.1, 0.15) is 12.1 Å². The van der Waals surface area contributed by atoms with E-state index in [0.717, 1.165) is 38.0 Å². The maximum atomic E-state index is 12.6. The number of carboxylic acid groups (broad SMARTS) is 1. The van der Waals surface area contributed by atoms with Crippen molar-refractivity contribution in [2.24, 2.45) is 11.3 Å². The highest BCUT2D eigenvalue weighted by molar-refractivity contribution is 7.96. The fourth-order valence-electron chi connectivity index (χ4n) is 4.38. The van der Waals surface area contributed by atoms with Gasteiger partial charge in [0.2, 0.25) is 18.2 Å². The molecule has 11 heteroatoms. The lowest BCUT2D eigenvalue weighted by atomic mass is 9.89. The first-order chi connectivity index (χ1) is 19.8. The Morgan fingerprint density at radius 3 is 2.33 bits per heavy atom. The van der Waals surface area contributed by atoms with Gasteiger partial charge in [-0.2, -0.15) is 0 Å². The molecule has 1 rings (SSSR count). The second kappa shape index (κ2) is 24.3. The van der Waals surface area contributed by atoms with Crippen LogP contribution in [0.4, 0.5) is 0 Å². The van der Waals surface area contributed by atoms with Crippen LogP contribution in [0.2, 0.25) is 0 Å². The van der Waals surface area contributed by atoms with E-state index in [4.69, 9.17) is 4.74 Å². The first-order valence-electron chi connectivity index (χ1n) is 15.4. The number of hydrogen-bond donors (Lipinski definition) is 3. The van der Waals surface area contributed by atoms with Gasteiger partial charge in [-0.3, -0.25) is 18.7 Å². The van der Waals surface area contributed by atoms with Crippen LogP contribution in [0.3, 0.4) is 0 Å². The number of aliphatic carboxylic acids is 1. The van der Waals surface area contributed by atoms with Gasteiger partial charge in [-0.25, -0.2) is 4.79 Å². The Hall–Kier alpha value is -2.11. The van der Waals surface area contributed by atoms with E-state index in [2.05, 4.69) is 56.6 Å². The number of carbonyl (C=O) groups is 4. The number of allylic oxidation sites excluding steroid dienone is 1. The lowest BCUT2D eigenvalue weighted by Gasteiger charge is -2.32. The lowest BCUT2D eigenvalue weighted by molar-refractivity contribution is -0.144. The van der Waals surface area contributed by atoms with E-state index < -0.39 is 24.0 Å². The Kier molecular flexibility index (Phi) is 24.4. The molecule has 42 heavy (non-hydrogen) atoms. The van der Waals surface area contributed by atoms with Crippen LogP contribution in [0.1, 0.15) is 93.9 Å². The average molecular weight is 617 g/mol. The predicted molar refractivity (Wildman–Crippen MR) is 173 cm³/mol. The third kappa shape index (κ3) is 17.8. The highest BCUT2D eigenvalue weighted by Gasteiger charge is 2.36. The number of unbranched alkanes of at least 4 members (excludes halogenated alkanes) is 3. The van der Waals surface area contributed by atoms with E-state index >= 15 is 0 Å². The molecule has 0 aliphatic carbocycles. The van der Waals surface area contributed by atoms with Gasteiger partial charge in [-0.1, -0.05) is 92.3 Å². The first-order valence-corrected chi connectivity index (χ1v) is 16.3. The third-order valence-corrected chi connectivity index (χ3v) is 7.59. The van der Waals surface area contributed by atoms with Gasteiger partial charge in [0.25, 0.3) is 0 Å². The van der Waals surface area contributed by atoms with E-state index in [-0.39, 0.29) is 23.8 Å². The minimum Gasteiger partial charge on any atom is -0.480 e. The second-order valence-electron chi connectivity index (χ2n) is 11.2. The van der Waals surface area contributed by atoms with Gasteiger partial charge < -0.3 is 25.4 Å². The zero-order chi connectivity index (χ0) is 32.7. The molecule has 246 valence electrons. The average Bonchev–Trinajstić information content (AvgIpc) is 3.44. The number of rotatable bonds is 17. The Morgan fingerprint density at radius 1 is 1.19 bits per heavy atom. The molecule has 3 amide bonds. The highest BCUT2D eigenvalue weighted by atomic mass is 32.2. The van der Waals surface area contributed by atoms with Crippen molar-refractivity contribution in [3.8, 4) is 0 Å². The molecule has 0 saturated carbocycles. The topological polar surface area (TPSA) is 128 Å². The molecule has 4 atom stereocenters. The van der Waals surface area contributed by atoms with Crippen LogP contribution in [0.5, 0.6) is 0 Å². The number of hydrogen-bond acceptors (Lipinski definition) is 7. The number of carboxylic acids is 1. The summed E-state index contributed by atoms with van der Waals surface area (Å²) in [4.78, 5) is 48.0. The molecule has 0 aromatic rings. The Morgan fingerprint density at radius 2 is 1.83 bits per heavy atom. The fraction of sp³-hybridized carbons (Fsp3) is 0.806. The summed E-state index contributed by atoms with van der Waals surface area (Å²) in [6, 6.07) is -1.75. The zero-order valence-corrected chi connectivity index (χ0v) is 28.7. The van der Waals surface area contributed by atoms with E-state index in [1.54, 1.807) is 14.0 Å². The van der Waals surface area contributed by atoms with Crippen LogP contribution in [-0.4, -0.2) is 96.2 Å². The molecule has 10 nitrogen and oxygen atoms in total. The summed E-state index contributed by atoms with van der Waals surface area (Å²) in [5.74, 6) is -1.17. The van der Waals surface area contributed by atoms with Crippen molar-refractivity contribution in [2.45, 2.75) is 112 Å². The summed E-state index contributed by atoms with van der Waals surface area (Å²) in [5, 5.41) is 14.4. The van der Waals surface area contributed by atoms with Crippen LogP contribution in [0.25, 0.3) is 0 Å². The van der Waals surface area contributed by atoms with Gasteiger partial charge in [0.15, 0.2) is 0 Å². The van der Waals surface area contributed by atoms with Crippen molar-refractivity contribution in [3.05, 3.63) is 12.2 Å². The lowest BCUT2D eigenvalue weighted by Crippen LogP contribution is -2.53. The predicted octanol–water partition coefficient (Wildman–Crippen LogP) is 4.74. The molecule has 0 aromatic carbocycles. The minimum absolute atomic E-state index is 0.174. The van der Waals surface area contributed by atoms with Gasteiger partial charge in [-0.15, -0.1) is 0 Å². The molecule has 0 bridgehead atoms. The van der Waals surface area contributed by atoms with Gasteiger partial charge in [0.05, 0.1) is 12.6 Å². The third-order valence-electron chi connectivity index (χ3n) is 6.74. The number of amides is 3. The first kappa shape index (κ1) is 42.0. The molecular formula is C31H60N4O6S. The van der Waals surface area contributed by atoms with E-state index in [9.17, 15) is 24.3 Å². The molecule has 1 heterocycles. The highest BCUT2D eigenvalue weighted by Crippen LogP contribution is 2.24. The molecule has 3 unspecified atom stereocenters. The van der Waals surface area contributed by atoms with Crippen molar-refractivity contribution in [3.63, 3.8) is 0 Å². The Labute approximate surface area is 259 Å². The number of methoxy groups -OCH3 is 1. The van der Waals surface area contributed by atoms with Crippen molar-refractivity contribution < 1.29 is 29.0 Å². The van der Waals surface area contributed by atoms with Crippen LogP contribution < -0.4 is 10.6 Å². The SMILES string of the molecule is CC.CCCCC/C=C\C(C)C(NC(=O)[C@@H]1CCCN1C(=O)CNC=O)C(=O)O.CCSN(C)CC(OC)C(C)(C)C. The molecule has 0 aromatic heterocycles. The fourth-order valence-corrected chi connectivity index (χ4v) is 5.06. The molecule has 0 radical (unpaired) electrons. The van der Waals surface area contributed by atoms with E-state index in [1.807, 2.05) is 37.9 Å². The maximum absolute atomic E-state index is 12.6. The maximum Gasteiger partial charge on any atom is 0.326 e. The molecule has 1 aliphatic rings. The number of carbonyl (C=O) groups excluding carboxylic acids is 3. The van der Waals surface area contributed by atoms with Gasteiger partial charge in [-0.05, 0) is 38.1 Å². The molecular weight excluding hydrogens is 556 g/mol. The minimum atomic E-state index is -1.10. The molecule has 0 spiro atoms.